The molecule has 0 rings (SSSR count). The molecule has 0 heterocycles. The predicted octanol–water partition coefficient (Wildman–Crippen LogP) is 10.1. The van der Waals surface area contributed by atoms with Crippen LogP contribution in [0.3, 0.4) is 0 Å². The van der Waals surface area contributed by atoms with Gasteiger partial charge >= 0.3 is 0 Å². The lowest BCUT2D eigenvalue weighted by Gasteiger charge is -2.02. The Morgan fingerprint density at radius 1 is 0.848 bits per heavy atom. The van der Waals surface area contributed by atoms with Gasteiger partial charge in [0.25, 0.3) is 0 Å². The number of ether oxygens (including phenoxy) is 1. The Bertz CT molecular complexity index is 661. The topological polar surface area (TPSA) is 21.6 Å². The molecule has 0 fully saturated rings. The molecule has 2 nitrogen and oxygen atoms in total. The van der Waals surface area contributed by atoms with E-state index in [1.807, 2.05) is 65.0 Å². The first kappa shape index (κ1) is 37.2. The van der Waals surface area contributed by atoms with Crippen molar-refractivity contribution in [3.63, 3.8) is 0 Å². The molecule has 0 atom stereocenters. The Hall–Kier alpha value is -3.13. The van der Waals surface area contributed by atoms with Gasteiger partial charge in [-0.15, -0.1) is 13.2 Å². The van der Waals surface area contributed by atoms with Crippen molar-refractivity contribution in [1.29, 1.82) is 0 Å². The maximum Gasteiger partial charge on any atom is 0.108 e. The summed E-state index contributed by atoms with van der Waals surface area (Å²) in [6.07, 6.45) is 27.0. The zero-order valence-electron chi connectivity index (χ0n) is 22.2. The Labute approximate surface area is 206 Å². The van der Waals surface area contributed by atoms with Gasteiger partial charge in [-0.3, -0.25) is 4.99 Å². The third-order valence-electron chi connectivity index (χ3n) is 3.04. The number of aliphatic imine (C=N–C) groups is 1. The fourth-order valence-corrected chi connectivity index (χ4v) is 1.97. The highest BCUT2D eigenvalue weighted by molar-refractivity contribution is 5.71. The lowest BCUT2D eigenvalue weighted by Crippen LogP contribution is -1.89. The van der Waals surface area contributed by atoms with Crippen molar-refractivity contribution >= 4 is 6.21 Å². The Morgan fingerprint density at radius 2 is 1.45 bits per heavy atom. The molecule has 0 radical (unpaired) electrons. The number of rotatable bonds is 13. The van der Waals surface area contributed by atoms with Crippen molar-refractivity contribution in [2.45, 2.75) is 60.8 Å². The molecule has 0 aromatic carbocycles. The summed E-state index contributed by atoms with van der Waals surface area (Å²) < 4.78 is 5.54. The highest BCUT2D eigenvalue weighted by Crippen LogP contribution is 2.10. The molecule has 0 aromatic rings. The summed E-state index contributed by atoms with van der Waals surface area (Å²) in [5.41, 5.74) is 3.37. The minimum atomic E-state index is 0.597. The van der Waals surface area contributed by atoms with E-state index in [1.165, 1.54) is 11.1 Å². The van der Waals surface area contributed by atoms with Gasteiger partial charge in [-0.2, -0.15) is 0 Å². The van der Waals surface area contributed by atoms with Crippen LogP contribution in [-0.4, -0.2) is 12.8 Å². The van der Waals surface area contributed by atoms with E-state index in [9.17, 15) is 0 Å². The average Bonchev–Trinajstić information content (AvgIpc) is 2.79. The standard InChI is InChI=1S/C23H31NO.2C3H6.C2H6/c1-6-9-11-15-23(24-17-8-3)16-12-10-13-18-25-20-22(5)19-21(4)14-7-2;2*1-3-2;1-2/h6-9,11,13-15,17-19H,1-3,10,12,16,20H2,4-5H3;2*3H,1H2,2H3;1-2H3/b11-9+,18-13+,21-14-,22-19+,23-15-,24-17?;;;. The van der Waals surface area contributed by atoms with E-state index in [0.717, 1.165) is 25.0 Å². The Kier molecular flexibility index (Phi) is 40.9. The van der Waals surface area contributed by atoms with Crippen LogP contribution in [0.5, 0.6) is 0 Å². The molecule has 0 bridgehead atoms. The molecule has 0 aromatic heterocycles. The van der Waals surface area contributed by atoms with E-state index in [4.69, 9.17) is 4.74 Å². The highest BCUT2D eigenvalue weighted by atomic mass is 16.5. The minimum absolute atomic E-state index is 0.597. The van der Waals surface area contributed by atoms with Crippen molar-refractivity contribution in [2.24, 2.45) is 4.99 Å². The van der Waals surface area contributed by atoms with Crippen LogP contribution in [0.15, 0.2) is 128 Å². The van der Waals surface area contributed by atoms with Crippen molar-refractivity contribution < 1.29 is 4.74 Å². The summed E-state index contributed by atoms with van der Waals surface area (Å²) in [6.45, 7) is 30.2. The summed E-state index contributed by atoms with van der Waals surface area (Å²) in [7, 11) is 0. The van der Waals surface area contributed by atoms with Crippen molar-refractivity contribution in [1.82, 2.24) is 0 Å². The monoisotopic (exact) mass is 451 g/mol. The number of hydrogen-bond acceptors (Lipinski definition) is 2. The van der Waals surface area contributed by atoms with Crippen molar-refractivity contribution in [2.75, 3.05) is 6.61 Å². The van der Waals surface area contributed by atoms with Crippen LogP contribution >= 0.6 is 0 Å². The highest BCUT2D eigenvalue weighted by Gasteiger charge is 1.93. The first-order valence-electron chi connectivity index (χ1n) is 11.5. The van der Waals surface area contributed by atoms with Crippen LogP contribution in [-0.2, 0) is 4.74 Å². The quantitative estimate of drug-likeness (QED) is 0.0897. The zero-order chi connectivity index (χ0) is 26.2. The van der Waals surface area contributed by atoms with Gasteiger partial charge in [-0.05, 0) is 64.7 Å². The van der Waals surface area contributed by atoms with Crippen LogP contribution in [0.2, 0.25) is 0 Å². The lowest BCUT2D eigenvalue weighted by atomic mass is 10.2. The molecular formula is C31H49NO. The van der Waals surface area contributed by atoms with Crippen LogP contribution in [0.4, 0.5) is 0 Å². The molecular weight excluding hydrogens is 402 g/mol. The van der Waals surface area contributed by atoms with Gasteiger partial charge in [-0.1, -0.05) is 93.8 Å². The van der Waals surface area contributed by atoms with Crippen LogP contribution in [0.1, 0.15) is 60.8 Å². The fraction of sp³-hybridized carbons (Fsp3) is 0.323. The van der Waals surface area contributed by atoms with Crippen LogP contribution in [0, 0.1) is 0 Å². The van der Waals surface area contributed by atoms with E-state index in [2.05, 4.69) is 50.9 Å². The Morgan fingerprint density at radius 3 is 1.97 bits per heavy atom. The largest absolute Gasteiger partial charge is 0.497 e. The molecule has 0 aliphatic carbocycles. The minimum Gasteiger partial charge on any atom is -0.497 e. The second kappa shape index (κ2) is 36.3. The summed E-state index contributed by atoms with van der Waals surface area (Å²) in [4.78, 5) is 4.37. The van der Waals surface area contributed by atoms with Gasteiger partial charge in [0.15, 0.2) is 0 Å². The molecule has 184 valence electrons. The van der Waals surface area contributed by atoms with E-state index >= 15 is 0 Å². The molecule has 2 heteroatoms. The van der Waals surface area contributed by atoms with Gasteiger partial charge in [0.2, 0.25) is 0 Å². The summed E-state index contributed by atoms with van der Waals surface area (Å²) >= 11 is 0. The van der Waals surface area contributed by atoms with Crippen LogP contribution in [0.25, 0.3) is 0 Å². The molecule has 0 amide bonds. The molecule has 0 saturated heterocycles. The van der Waals surface area contributed by atoms with Gasteiger partial charge in [0.1, 0.15) is 6.61 Å². The molecule has 0 unspecified atom stereocenters. The molecule has 0 spiro atoms. The molecule has 0 N–H and O–H groups in total. The SMILES string of the molecule is C=CC.C=CC.C=CC=N/C(=C\C=C\C=C)CCC/C=C/OC/C(C)=C/C(C)=C\C=C.CC. The molecule has 0 aliphatic heterocycles. The first-order valence-corrected chi connectivity index (χ1v) is 11.5. The maximum absolute atomic E-state index is 5.54. The summed E-state index contributed by atoms with van der Waals surface area (Å²) in [5.74, 6) is 0. The fourth-order valence-electron chi connectivity index (χ4n) is 1.97. The van der Waals surface area contributed by atoms with Gasteiger partial charge < -0.3 is 4.74 Å². The zero-order valence-corrected chi connectivity index (χ0v) is 22.2. The van der Waals surface area contributed by atoms with E-state index < -0.39 is 0 Å². The second-order valence-corrected chi connectivity index (χ2v) is 6.32. The van der Waals surface area contributed by atoms with E-state index in [-0.39, 0.29) is 0 Å². The van der Waals surface area contributed by atoms with Crippen LogP contribution < -0.4 is 0 Å². The van der Waals surface area contributed by atoms with Crippen molar-refractivity contribution in [3.8, 4) is 0 Å². The number of unbranched alkanes of at least 4 members (excludes halogenated alkanes) is 1. The number of nitrogens with zero attached hydrogens (tertiary/aromatic N) is 1. The third kappa shape index (κ3) is 39.9. The summed E-state index contributed by atoms with van der Waals surface area (Å²) in [5, 5.41) is 0. The smallest absolute Gasteiger partial charge is 0.108 e. The van der Waals surface area contributed by atoms with Gasteiger partial charge in [0.05, 0.1) is 6.26 Å². The first-order chi connectivity index (χ1) is 16.0. The predicted molar refractivity (Wildman–Crippen MR) is 156 cm³/mol. The summed E-state index contributed by atoms with van der Waals surface area (Å²) in [6, 6.07) is 0. The number of allylic oxidation sites excluding steroid dienone is 13. The third-order valence-corrected chi connectivity index (χ3v) is 3.04. The van der Waals surface area contributed by atoms with Gasteiger partial charge in [-0.25, -0.2) is 0 Å². The average molecular weight is 452 g/mol. The second-order valence-electron chi connectivity index (χ2n) is 6.32. The number of hydrogen-bond donors (Lipinski definition) is 0. The van der Waals surface area contributed by atoms with E-state index in [1.54, 1.807) is 42.9 Å². The normalized spacial score (nSPS) is 11.4. The van der Waals surface area contributed by atoms with Gasteiger partial charge in [0, 0.05) is 11.9 Å². The lowest BCUT2D eigenvalue weighted by molar-refractivity contribution is 0.279. The van der Waals surface area contributed by atoms with E-state index in [0.29, 0.717) is 6.61 Å². The molecule has 0 saturated carbocycles. The molecule has 0 aliphatic rings. The van der Waals surface area contributed by atoms with Crippen molar-refractivity contribution in [3.05, 3.63) is 123 Å². The maximum atomic E-state index is 5.54. The Balaban J connectivity index is -0.000000459. The molecule has 33 heavy (non-hydrogen) atoms.